The molecule has 1 saturated heterocycles. The van der Waals surface area contributed by atoms with Gasteiger partial charge in [0.15, 0.2) is 0 Å². The van der Waals surface area contributed by atoms with Crippen LogP contribution in [0.25, 0.3) is 0 Å². The van der Waals surface area contributed by atoms with Gasteiger partial charge in [-0.25, -0.2) is 0 Å². The molecule has 1 fully saturated rings. The molecule has 1 unspecified atom stereocenters. The number of nitrogens with one attached hydrogen (secondary N) is 1. The molecule has 0 bridgehead atoms. The van der Waals surface area contributed by atoms with Crippen LogP contribution in [0, 0.1) is 5.92 Å². The first-order valence-electron chi connectivity index (χ1n) is 7.42. The Hall–Kier alpha value is -1.06. The number of amides is 1. The van der Waals surface area contributed by atoms with Crippen LogP contribution in [-0.4, -0.2) is 30.4 Å². The summed E-state index contributed by atoms with van der Waals surface area (Å²) in [6, 6.07) is 7.74. The molecule has 1 aliphatic heterocycles. The zero-order valence-electron chi connectivity index (χ0n) is 12.1. The summed E-state index contributed by atoms with van der Waals surface area (Å²) < 4.78 is 0. The van der Waals surface area contributed by atoms with Gasteiger partial charge in [-0.15, -0.1) is 0 Å². The summed E-state index contributed by atoms with van der Waals surface area (Å²) in [6.45, 7) is 5.48. The van der Waals surface area contributed by atoms with E-state index < -0.39 is 0 Å². The quantitative estimate of drug-likeness (QED) is 0.905. The lowest BCUT2D eigenvalue weighted by atomic mass is 9.95. The van der Waals surface area contributed by atoms with Crippen LogP contribution in [0.4, 0.5) is 0 Å². The number of rotatable bonds is 5. The van der Waals surface area contributed by atoms with Crippen molar-refractivity contribution < 1.29 is 4.79 Å². The Morgan fingerprint density at radius 3 is 3.00 bits per heavy atom. The van der Waals surface area contributed by atoms with Crippen LogP contribution in [0.5, 0.6) is 0 Å². The van der Waals surface area contributed by atoms with Crippen LogP contribution in [0.15, 0.2) is 24.3 Å². The van der Waals surface area contributed by atoms with Gasteiger partial charge in [0.2, 0.25) is 5.91 Å². The minimum Gasteiger partial charge on any atom is -0.339 e. The number of carbonyl (C=O) groups is 1. The molecule has 4 heteroatoms. The highest BCUT2D eigenvalue weighted by Crippen LogP contribution is 2.17. The van der Waals surface area contributed by atoms with E-state index in [9.17, 15) is 4.79 Å². The Morgan fingerprint density at radius 2 is 2.35 bits per heavy atom. The van der Waals surface area contributed by atoms with Crippen LogP contribution >= 0.6 is 11.6 Å². The fourth-order valence-corrected chi connectivity index (χ4v) is 2.92. The third-order valence-corrected chi connectivity index (χ3v) is 4.09. The average Bonchev–Trinajstić information content (AvgIpc) is 2.46. The standard InChI is InChI=1S/C16H23ClN2O/c1-2-19(12-14-5-3-7-15(17)9-14)16(20)10-13-6-4-8-18-11-13/h3,5,7,9,13,18H,2,4,6,8,10-12H2,1H3. The molecule has 1 amide bonds. The Bertz CT molecular complexity index is 444. The minimum absolute atomic E-state index is 0.251. The Kier molecular flexibility index (Phi) is 5.86. The number of nitrogens with zero attached hydrogens (tertiary/aromatic N) is 1. The average molecular weight is 295 g/mol. The lowest BCUT2D eigenvalue weighted by molar-refractivity contribution is -0.132. The largest absolute Gasteiger partial charge is 0.339 e. The van der Waals surface area contributed by atoms with E-state index in [1.165, 1.54) is 6.42 Å². The Balaban J connectivity index is 1.91. The summed E-state index contributed by atoms with van der Waals surface area (Å²) >= 11 is 5.99. The van der Waals surface area contributed by atoms with Crippen LogP contribution in [0.3, 0.4) is 0 Å². The second-order valence-electron chi connectivity index (χ2n) is 5.45. The van der Waals surface area contributed by atoms with E-state index in [1.807, 2.05) is 36.1 Å². The van der Waals surface area contributed by atoms with Gasteiger partial charge < -0.3 is 10.2 Å². The molecule has 0 saturated carbocycles. The van der Waals surface area contributed by atoms with Gasteiger partial charge in [0.25, 0.3) is 0 Å². The number of benzene rings is 1. The van der Waals surface area contributed by atoms with Gasteiger partial charge in [0.1, 0.15) is 0 Å². The predicted molar refractivity (Wildman–Crippen MR) is 82.8 cm³/mol. The van der Waals surface area contributed by atoms with Crippen molar-refractivity contribution in [3.8, 4) is 0 Å². The summed E-state index contributed by atoms with van der Waals surface area (Å²) in [6.07, 6.45) is 2.99. The molecule has 110 valence electrons. The molecule has 2 rings (SSSR count). The smallest absolute Gasteiger partial charge is 0.223 e. The van der Waals surface area contributed by atoms with E-state index in [0.717, 1.165) is 36.6 Å². The predicted octanol–water partition coefficient (Wildman–Crippen LogP) is 3.08. The third kappa shape index (κ3) is 4.50. The topological polar surface area (TPSA) is 32.3 Å². The minimum atomic E-state index is 0.251. The first-order valence-corrected chi connectivity index (χ1v) is 7.79. The maximum absolute atomic E-state index is 12.4. The fourth-order valence-electron chi connectivity index (χ4n) is 2.71. The van der Waals surface area contributed by atoms with Crippen molar-refractivity contribution in [3.63, 3.8) is 0 Å². The van der Waals surface area contributed by atoms with Gasteiger partial charge in [-0.05, 0) is 56.5 Å². The zero-order valence-corrected chi connectivity index (χ0v) is 12.8. The van der Waals surface area contributed by atoms with Crippen molar-refractivity contribution in [1.82, 2.24) is 10.2 Å². The monoisotopic (exact) mass is 294 g/mol. The molecule has 3 nitrogen and oxygen atoms in total. The van der Waals surface area contributed by atoms with Crippen molar-refractivity contribution in [1.29, 1.82) is 0 Å². The lowest BCUT2D eigenvalue weighted by Gasteiger charge is -2.26. The van der Waals surface area contributed by atoms with E-state index in [2.05, 4.69) is 5.32 Å². The molecular formula is C16H23ClN2O. The first-order chi connectivity index (χ1) is 9.69. The normalized spacial score (nSPS) is 18.8. The zero-order chi connectivity index (χ0) is 14.4. The van der Waals surface area contributed by atoms with Crippen LogP contribution in [-0.2, 0) is 11.3 Å². The van der Waals surface area contributed by atoms with Gasteiger partial charge in [-0.2, -0.15) is 0 Å². The SMILES string of the molecule is CCN(Cc1cccc(Cl)c1)C(=O)CC1CCCNC1. The summed E-state index contributed by atoms with van der Waals surface area (Å²) in [5, 5.41) is 4.09. The molecule has 0 aromatic heterocycles. The van der Waals surface area contributed by atoms with Crippen molar-refractivity contribution in [2.45, 2.75) is 32.7 Å². The van der Waals surface area contributed by atoms with E-state index >= 15 is 0 Å². The lowest BCUT2D eigenvalue weighted by Crippen LogP contribution is -2.36. The summed E-state index contributed by atoms with van der Waals surface area (Å²) in [7, 11) is 0. The highest BCUT2D eigenvalue weighted by molar-refractivity contribution is 6.30. The molecule has 0 radical (unpaired) electrons. The van der Waals surface area contributed by atoms with Crippen molar-refractivity contribution in [3.05, 3.63) is 34.9 Å². The number of halogens is 1. The second kappa shape index (κ2) is 7.65. The van der Waals surface area contributed by atoms with Crippen LogP contribution < -0.4 is 5.32 Å². The van der Waals surface area contributed by atoms with Crippen molar-refractivity contribution >= 4 is 17.5 Å². The van der Waals surface area contributed by atoms with Gasteiger partial charge in [-0.1, -0.05) is 23.7 Å². The molecule has 1 heterocycles. The number of hydrogen-bond donors (Lipinski definition) is 1. The van der Waals surface area contributed by atoms with Crippen LogP contribution in [0.1, 0.15) is 31.7 Å². The van der Waals surface area contributed by atoms with Crippen molar-refractivity contribution in [2.24, 2.45) is 5.92 Å². The van der Waals surface area contributed by atoms with E-state index in [0.29, 0.717) is 18.9 Å². The van der Waals surface area contributed by atoms with Gasteiger partial charge in [0, 0.05) is 24.5 Å². The molecule has 0 spiro atoms. The van der Waals surface area contributed by atoms with Gasteiger partial charge >= 0.3 is 0 Å². The summed E-state index contributed by atoms with van der Waals surface area (Å²) in [5.74, 6) is 0.742. The molecule has 20 heavy (non-hydrogen) atoms. The molecule has 1 aromatic rings. The van der Waals surface area contributed by atoms with E-state index in [4.69, 9.17) is 11.6 Å². The molecule has 0 aliphatic carbocycles. The molecular weight excluding hydrogens is 272 g/mol. The summed E-state index contributed by atoms with van der Waals surface area (Å²) in [4.78, 5) is 14.3. The number of carbonyl (C=O) groups excluding carboxylic acids is 1. The van der Waals surface area contributed by atoms with Gasteiger partial charge in [-0.3, -0.25) is 4.79 Å². The maximum atomic E-state index is 12.4. The molecule has 1 aliphatic rings. The highest BCUT2D eigenvalue weighted by Gasteiger charge is 2.20. The third-order valence-electron chi connectivity index (χ3n) is 3.86. The van der Waals surface area contributed by atoms with E-state index in [-0.39, 0.29) is 5.91 Å². The number of hydrogen-bond acceptors (Lipinski definition) is 2. The highest BCUT2D eigenvalue weighted by atomic mass is 35.5. The fraction of sp³-hybridized carbons (Fsp3) is 0.562. The van der Waals surface area contributed by atoms with Gasteiger partial charge in [0.05, 0.1) is 0 Å². The number of piperidine rings is 1. The molecule has 1 N–H and O–H groups in total. The summed E-state index contributed by atoms with van der Waals surface area (Å²) in [5.41, 5.74) is 1.09. The van der Waals surface area contributed by atoms with Crippen molar-refractivity contribution in [2.75, 3.05) is 19.6 Å². The Morgan fingerprint density at radius 1 is 1.50 bits per heavy atom. The van der Waals surface area contributed by atoms with Crippen LogP contribution in [0.2, 0.25) is 5.02 Å². The maximum Gasteiger partial charge on any atom is 0.223 e. The molecule has 1 atom stereocenters. The van der Waals surface area contributed by atoms with E-state index in [1.54, 1.807) is 0 Å². The molecule has 1 aromatic carbocycles. The Labute approximate surface area is 126 Å². The second-order valence-corrected chi connectivity index (χ2v) is 5.89. The first kappa shape index (κ1) is 15.3.